The highest BCUT2D eigenvalue weighted by molar-refractivity contribution is 5.74. The molecule has 8 nitrogen and oxygen atoms in total. The predicted octanol–water partition coefficient (Wildman–Crippen LogP) is 8.31. The van der Waals surface area contributed by atoms with Crippen molar-refractivity contribution in [1.82, 2.24) is 24.9 Å². The summed E-state index contributed by atoms with van der Waals surface area (Å²) in [5.74, 6) is 3.62. The van der Waals surface area contributed by atoms with Crippen molar-refractivity contribution in [2.45, 2.75) is 70.6 Å². The summed E-state index contributed by atoms with van der Waals surface area (Å²) in [5.41, 5.74) is 2.24. The number of rotatable bonds is 17. The Labute approximate surface area is 271 Å². The van der Waals surface area contributed by atoms with Crippen molar-refractivity contribution >= 4 is 5.97 Å². The van der Waals surface area contributed by atoms with Crippen LogP contribution in [0.15, 0.2) is 85.2 Å². The first-order valence-corrected chi connectivity index (χ1v) is 16.9. The lowest BCUT2D eigenvalue weighted by Crippen LogP contribution is -2.21. The zero-order valence-electron chi connectivity index (χ0n) is 26.5. The average Bonchev–Trinajstić information content (AvgIpc) is 3.76. The first-order chi connectivity index (χ1) is 22.7. The summed E-state index contributed by atoms with van der Waals surface area (Å²) in [4.78, 5) is 35.2. The Morgan fingerprint density at radius 2 is 1.22 bits per heavy atom. The molecule has 8 heteroatoms. The lowest BCUT2D eigenvalue weighted by Gasteiger charge is -2.16. The number of hydrogen-bond donors (Lipinski definition) is 0. The predicted molar refractivity (Wildman–Crippen MR) is 179 cm³/mol. The number of hydrogen-bond acceptors (Lipinski definition) is 8. The van der Waals surface area contributed by atoms with E-state index in [0.29, 0.717) is 53.9 Å². The van der Waals surface area contributed by atoms with E-state index in [2.05, 4.69) is 27.1 Å². The van der Waals surface area contributed by atoms with E-state index in [1.807, 2.05) is 60.7 Å². The smallest absolute Gasteiger partial charge is 0.309 e. The summed E-state index contributed by atoms with van der Waals surface area (Å²) in [6.07, 6.45) is 20.6. The Bertz CT molecular complexity index is 1510. The van der Waals surface area contributed by atoms with Crippen LogP contribution < -0.4 is 4.74 Å². The summed E-state index contributed by atoms with van der Waals surface area (Å²) in [6.45, 7) is 1.28. The van der Waals surface area contributed by atoms with Crippen LogP contribution in [0.3, 0.4) is 0 Å². The molecule has 2 aliphatic carbocycles. The molecule has 3 atom stereocenters. The molecule has 0 spiro atoms. The Hall–Kier alpha value is -4.46. The highest BCUT2D eigenvalue weighted by Crippen LogP contribution is 2.43. The van der Waals surface area contributed by atoms with Gasteiger partial charge in [0.25, 0.3) is 0 Å². The van der Waals surface area contributed by atoms with Crippen molar-refractivity contribution in [1.29, 1.82) is 0 Å². The molecule has 3 unspecified atom stereocenters. The van der Waals surface area contributed by atoms with Crippen LogP contribution in [0.25, 0.3) is 34.4 Å². The van der Waals surface area contributed by atoms with Gasteiger partial charge in [0.2, 0.25) is 0 Å². The van der Waals surface area contributed by atoms with Crippen LogP contribution >= 0.6 is 0 Å². The van der Waals surface area contributed by atoms with Crippen LogP contribution in [0.2, 0.25) is 0 Å². The summed E-state index contributed by atoms with van der Waals surface area (Å²) in [6, 6.07) is 19.3. The molecule has 0 N–H and O–H groups in total. The first kappa shape index (κ1) is 31.5. The van der Waals surface area contributed by atoms with E-state index < -0.39 is 0 Å². The van der Waals surface area contributed by atoms with Gasteiger partial charge in [-0.2, -0.15) is 0 Å². The maximum Gasteiger partial charge on any atom is 0.309 e. The van der Waals surface area contributed by atoms with Gasteiger partial charge in [0.05, 0.1) is 19.1 Å². The molecule has 1 aromatic carbocycles. The molecule has 4 aromatic rings. The second-order valence-corrected chi connectivity index (χ2v) is 12.3. The number of esters is 1. The number of benzene rings is 1. The second kappa shape index (κ2) is 16.2. The van der Waals surface area contributed by atoms with Crippen molar-refractivity contribution in [3.05, 3.63) is 85.2 Å². The summed E-state index contributed by atoms with van der Waals surface area (Å²) in [7, 11) is 0. The van der Waals surface area contributed by atoms with Crippen molar-refractivity contribution < 1.29 is 14.3 Å². The molecule has 3 aromatic heterocycles. The van der Waals surface area contributed by atoms with Gasteiger partial charge < -0.3 is 9.47 Å². The number of carbonyl (C=O) groups is 1. The molecule has 6 rings (SSSR count). The lowest BCUT2D eigenvalue weighted by molar-refractivity contribution is -0.149. The molecule has 1 fully saturated rings. The van der Waals surface area contributed by atoms with Crippen molar-refractivity contribution in [2.24, 2.45) is 17.8 Å². The zero-order chi connectivity index (χ0) is 31.4. The van der Waals surface area contributed by atoms with E-state index in [1.165, 1.54) is 38.5 Å². The number of aromatic nitrogens is 5. The normalized spacial score (nSPS) is 18.1. The van der Waals surface area contributed by atoms with Gasteiger partial charge in [-0.15, -0.1) is 0 Å². The monoisotopic (exact) mass is 617 g/mol. The van der Waals surface area contributed by atoms with Crippen molar-refractivity contribution in [3.63, 3.8) is 0 Å². The van der Waals surface area contributed by atoms with E-state index in [-0.39, 0.29) is 11.9 Å². The maximum absolute atomic E-state index is 12.3. The summed E-state index contributed by atoms with van der Waals surface area (Å²) >= 11 is 0. The topological polar surface area (TPSA) is 100.0 Å². The summed E-state index contributed by atoms with van der Waals surface area (Å²) in [5, 5.41) is 0. The van der Waals surface area contributed by atoms with Gasteiger partial charge in [0.1, 0.15) is 17.1 Å². The third-order valence-corrected chi connectivity index (χ3v) is 8.92. The van der Waals surface area contributed by atoms with Crippen LogP contribution in [0, 0.1) is 17.8 Å². The van der Waals surface area contributed by atoms with Gasteiger partial charge in [-0.1, -0.05) is 69.2 Å². The zero-order valence-corrected chi connectivity index (χ0v) is 26.5. The van der Waals surface area contributed by atoms with Crippen LogP contribution in [0.1, 0.15) is 70.6 Å². The Morgan fingerprint density at radius 1 is 0.630 bits per heavy atom. The molecule has 46 heavy (non-hydrogen) atoms. The third kappa shape index (κ3) is 8.62. The summed E-state index contributed by atoms with van der Waals surface area (Å²) < 4.78 is 11.6. The van der Waals surface area contributed by atoms with Crippen LogP contribution in [-0.2, 0) is 9.53 Å². The van der Waals surface area contributed by atoms with E-state index in [1.54, 1.807) is 12.4 Å². The number of ether oxygens (including phenoxy) is 2. The number of carbonyl (C=O) groups excluding carboxylic acids is 1. The third-order valence-electron chi connectivity index (χ3n) is 8.92. The molecule has 0 saturated heterocycles. The molecular weight excluding hydrogens is 574 g/mol. The number of fused-ring (bicyclic) bond motifs is 2. The van der Waals surface area contributed by atoms with Gasteiger partial charge in [-0.05, 0) is 86.1 Å². The molecule has 0 amide bonds. The average molecular weight is 618 g/mol. The van der Waals surface area contributed by atoms with Crippen molar-refractivity contribution in [3.8, 4) is 40.2 Å². The highest BCUT2D eigenvalue weighted by atomic mass is 16.5. The fourth-order valence-electron chi connectivity index (χ4n) is 6.39. The van der Waals surface area contributed by atoms with Crippen LogP contribution in [0.4, 0.5) is 0 Å². The molecule has 2 aliphatic rings. The number of nitrogens with zero attached hydrogens (tertiary/aromatic N) is 5. The van der Waals surface area contributed by atoms with Gasteiger partial charge >= 0.3 is 5.97 Å². The fraction of sp³-hybridized carbons (Fsp3) is 0.421. The van der Waals surface area contributed by atoms with Crippen LogP contribution in [0.5, 0.6) is 5.75 Å². The van der Waals surface area contributed by atoms with Crippen molar-refractivity contribution in [2.75, 3.05) is 13.2 Å². The Morgan fingerprint density at radius 3 is 1.76 bits per heavy atom. The minimum absolute atomic E-state index is 0.0311. The Balaban J connectivity index is 0.856. The molecule has 0 radical (unpaired) electrons. The number of pyridine rings is 2. The van der Waals surface area contributed by atoms with Crippen LogP contribution in [-0.4, -0.2) is 44.1 Å². The second-order valence-electron chi connectivity index (χ2n) is 12.3. The Kier molecular flexibility index (Phi) is 11.1. The number of unbranched alkanes of at least 4 members (excludes halogenated alkanes) is 8. The largest absolute Gasteiger partial charge is 0.494 e. The minimum Gasteiger partial charge on any atom is -0.494 e. The first-order valence-electron chi connectivity index (χ1n) is 16.9. The molecule has 238 valence electrons. The van der Waals surface area contributed by atoms with E-state index in [0.717, 1.165) is 43.4 Å². The minimum atomic E-state index is 0.0311. The van der Waals surface area contributed by atoms with Gasteiger partial charge in [-0.25, -0.2) is 15.0 Å². The highest BCUT2D eigenvalue weighted by Gasteiger charge is 2.40. The van der Waals surface area contributed by atoms with Gasteiger partial charge in [-0.3, -0.25) is 14.8 Å². The molecule has 0 aliphatic heterocycles. The van der Waals surface area contributed by atoms with Gasteiger partial charge in [0, 0.05) is 18.0 Å². The molecule has 2 bridgehead atoms. The maximum atomic E-state index is 12.3. The van der Waals surface area contributed by atoms with E-state index in [4.69, 9.17) is 19.4 Å². The molecule has 3 heterocycles. The van der Waals surface area contributed by atoms with E-state index >= 15 is 0 Å². The van der Waals surface area contributed by atoms with Gasteiger partial charge in [0.15, 0.2) is 17.5 Å². The lowest BCUT2D eigenvalue weighted by atomic mass is 9.94. The number of allylic oxidation sites excluding steroid dienone is 2. The molecular formula is C38H43N5O3. The fourth-order valence-corrected chi connectivity index (χ4v) is 6.39. The van der Waals surface area contributed by atoms with E-state index in [9.17, 15) is 4.79 Å². The standard InChI is InChI=1S/C38H43N5O3/c44-38(32-27-28-16-17-30(32)26-28)46-25-13-7-5-3-1-2-4-6-12-24-45-31-20-18-29(19-21-31)35-41-36(33-14-8-10-22-39-33)43-37(42-35)34-15-9-11-23-40-34/h8-11,14-23,28,30,32H,1-7,12-13,24-27H2. The SMILES string of the molecule is O=C(OCCCCCCCCCCCOc1ccc(-c2nc(-c3ccccn3)nc(-c3ccccn3)n2)cc1)C1CC2C=CC1C2. The molecule has 1 saturated carbocycles. The quantitative estimate of drug-likeness (QED) is 0.0663.